The number of primary sulfonamides is 1. The van der Waals surface area contributed by atoms with Crippen LogP contribution in [0.25, 0.3) is 0 Å². The van der Waals surface area contributed by atoms with Crippen LogP contribution in [-0.2, 0) is 16.2 Å². The summed E-state index contributed by atoms with van der Waals surface area (Å²) in [5, 5.41) is 7.26. The van der Waals surface area contributed by atoms with Crippen LogP contribution in [0.2, 0.25) is 0 Å². The van der Waals surface area contributed by atoms with Crippen molar-refractivity contribution in [3.8, 4) is 0 Å². The van der Waals surface area contributed by atoms with Crippen molar-refractivity contribution in [2.45, 2.75) is 12.6 Å². The highest BCUT2D eigenvalue weighted by Gasteiger charge is 2.31. The number of nitrogens with one attached hydrogen (secondary N) is 1. The van der Waals surface area contributed by atoms with E-state index in [-0.39, 0.29) is 24.4 Å². The Balaban J connectivity index is 2.61. The van der Waals surface area contributed by atoms with Gasteiger partial charge in [0.15, 0.2) is 0 Å². The summed E-state index contributed by atoms with van der Waals surface area (Å²) in [6.07, 6.45) is -4.48. The number of hydrogen-bond donors (Lipinski definition) is 2. The van der Waals surface area contributed by atoms with Gasteiger partial charge < -0.3 is 5.32 Å². The molecule has 0 aliphatic carbocycles. The summed E-state index contributed by atoms with van der Waals surface area (Å²) >= 11 is 0. The largest absolute Gasteiger partial charge is 0.416 e. The van der Waals surface area contributed by atoms with Gasteiger partial charge in [-0.15, -0.1) is 0 Å². The number of hydrogen-bond acceptors (Lipinski definition) is 3. The number of rotatable bonds is 5. The van der Waals surface area contributed by atoms with E-state index in [2.05, 4.69) is 5.32 Å². The zero-order valence-corrected chi connectivity index (χ0v) is 10.5. The lowest BCUT2D eigenvalue weighted by molar-refractivity contribution is -0.137. The molecular weight excluding hydrogens is 288 g/mol. The standard InChI is InChI=1S/C10H12F4N2O2S/c11-8-6-7(10(12,13)14)2-3-9(8)16-4-1-5-19(15,17)18/h2-3,6,16H,1,4-5H2,(H2,15,17,18). The number of anilines is 1. The van der Waals surface area contributed by atoms with Gasteiger partial charge in [-0.2, -0.15) is 13.2 Å². The van der Waals surface area contributed by atoms with E-state index in [9.17, 15) is 26.0 Å². The quantitative estimate of drug-likeness (QED) is 0.645. The lowest BCUT2D eigenvalue weighted by atomic mass is 10.2. The maximum atomic E-state index is 13.3. The highest BCUT2D eigenvalue weighted by Crippen LogP contribution is 2.31. The van der Waals surface area contributed by atoms with Crippen LogP contribution >= 0.6 is 0 Å². The maximum Gasteiger partial charge on any atom is 0.416 e. The van der Waals surface area contributed by atoms with Crippen molar-refractivity contribution in [3.63, 3.8) is 0 Å². The summed E-state index contributed by atoms with van der Waals surface area (Å²) in [5.41, 5.74) is -1.21. The van der Waals surface area contributed by atoms with Crippen LogP contribution in [0, 0.1) is 5.82 Å². The zero-order valence-electron chi connectivity index (χ0n) is 9.67. The average Bonchev–Trinajstić information content (AvgIpc) is 2.23. The van der Waals surface area contributed by atoms with E-state index in [0.29, 0.717) is 6.07 Å². The molecule has 0 aliphatic rings. The predicted octanol–water partition coefficient (Wildman–Crippen LogP) is 1.94. The fraction of sp³-hybridized carbons (Fsp3) is 0.400. The van der Waals surface area contributed by atoms with Gasteiger partial charge in [-0.3, -0.25) is 0 Å². The summed E-state index contributed by atoms with van der Waals surface area (Å²) < 4.78 is 71.4. The van der Waals surface area contributed by atoms with Crippen molar-refractivity contribution in [2.24, 2.45) is 5.14 Å². The van der Waals surface area contributed by atoms with Gasteiger partial charge in [0.1, 0.15) is 5.82 Å². The first kappa shape index (κ1) is 15.7. The van der Waals surface area contributed by atoms with Gasteiger partial charge in [-0.25, -0.2) is 17.9 Å². The molecule has 0 unspecified atom stereocenters. The second-order valence-corrected chi connectivity index (χ2v) is 5.57. The van der Waals surface area contributed by atoms with Gasteiger partial charge in [-0.05, 0) is 24.6 Å². The predicted molar refractivity (Wildman–Crippen MR) is 62.5 cm³/mol. The Labute approximate surface area is 107 Å². The van der Waals surface area contributed by atoms with Crippen molar-refractivity contribution in [1.82, 2.24) is 0 Å². The number of halogens is 4. The third-order valence-electron chi connectivity index (χ3n) is 2.22. The van der Waals surface area contributed by atoms with Crippen molar-refractivity contribution in [2.75, 3.05) is 17.6 Å². The minimum Gasteiger partial charge on any atom is -0.383 e. The number of sulfonamides is 1. The van der Waals surface area contributed by atoms with Crippen molar-refractivity contribution >= 4 is 15.7 Å². The number of alkyl halides is 3. The molecule has 0 spiro atoms. The summed E-state index contributed by atoms with van der Waals surface area (Å²) in [5.74, 6) is -1.34. The first-order valence-corrected chi connectivity index (χ1v) is 6.92. The third kappa shape index (κ3) is 5.43. The molecule has 3 N–H and O–H groups in total. The fourth-order valence-corrected chi connectivity index (χ4v) is 1.88. The van der Waals surface area contributed by atoms with E-state index in [0.717, 1.165) is 12.1 Å². The molecule has 0 bridgehead atoms. The van der Waals surface area contributed by atoms with Crippen LogP contribution in [-0.4, -0.2) is 20.7 Å². The van der Waals surface area contributed by atoms with Crippen molar-refractivity contribution in [3.05, 3.63) is 29.6 Å². The van der Waals surface area contributed by atoms with Gasteiger partial charge in [0.05, 0.1) is 17.0 Å². The highest BCUT2D eigenvalue weighted by atomic mass is 32.2. The fourth-order valence-electron chi connectivity index (χ4n) is 1.33. The van der Waals surface area contributed by atoms with Gasteiger partial charge in [-0.1, -0.05) is 0 Å². The monoisotopic (exact) mass is 300 g/mol. The van der Waals surface area contributed by atoms with Crippen molar-refractivity contribution in [1.29, 1.82) is 0 Å². The highest BCUT2D eigenvalue weighted by molar-refractivity contribution is 7.89. The molecule has 0 saturated carbocycles. The summed E-state index contributed by atoms with van der Waals surface area (Å²) in [4.78, 5) is 0. The summed E-state index contributed by atoms with van der Waals surface area (Å²) in [7, 11) is -3.60. The Morgan fingerprint density at radius 2 is 1.89 bits per heavy atom. The molecule has 1 aromatic rings. The van der Waals surface area contributed by atoms with Gasteiger partial charge in [0, 0.05) is 6.54 Å². The Hall–Kier alpha value is -1.35. The van der Waals surface area contributed by atoms with Crippen LogP contribution in [0.5, 0.6) is 0 Å². The van der Waals surface area contributed by atoms with Crippen LogP contribution in [0.15, 0.2) is 18.2 Å². The molecule has 0 amide bonds. The van der Waals surface area contributed by atoms with Crippen LogP contribution < -0.4 is 10.5 Å². The molecular formula is C10H12F4N2O2S. The third-order valence-corrected chi connectivity index (χ3v) is 3.08. The normalized spacial score (nSPS) is 12.5. The Kier molecular flexibility index (Phi) is 4.75. The lowest BCUT2D eigenvalue weighted by Gasteiger charge is -2.10. The Morgan fingerprint density at radius 3 is 2.37 bits per heavy atom. The van der Waals surface area contributed by atoms with Crippen molar-refractivity contribution < 1.29 is 26.0 Å². The summed E-state index contributed by atoms with van der Waals surface area (Å²) in [6, 6.07) is 2.07. The smallest absolute Gasteiger partial charge is 0.383 e. The molecule has 0 heterocycles. The number of benzene rings is 1. The van der Waals surface area contributed by atoms with E-state index >= 15 is 0 Å². The molecule has 0 saturated heterocycles. The van der Waals surface area contributed by atoms with Crippen LogP contribution in [0.3, 0.4) is 0 Å². The van der Waals surface area contributed by atoms with Crippen LogP contribution in [0.1, 0.15) is 12.0 Å². The van der Waals surface area contributed by atoms with E-state index in [1.54, 1.807) is 0 Å². The van der Waals surface area contributed by atoms with Crippen LogP contribution in [0.4, 0.5) is 23.2 Å². The second-order valence-electron chi connectivity index (χ2n) is 3.84. The second kappa shape index (κ2) is 5.74. The van der Waals surface area contributed by atoms with E-state index in [4.69, 9.17) is 5.14 Å². The molecule has 0 radical (unpaired) electrons. The average molecular weight is 300 g/mol. The molecule has 108 valence electrons. The molecule has 9 heteroatoms. The Bertz CT molecular complexity index is 543. The molecule has 0 fully saturated rings. The molecule has 1 rings (SSSR count). The minimum absolute atomic E-state index is 0.0821. The minimum atomic E-state index is -4.60. The maximum absolute atomic E-state index is 13.3. The van der Waals surface area contributed by atoms with Gasteiger partial charge in [0.2, 0.25) is 10.0 Å². The van der Waals surface area contributed by atoms with E-state index in [1.165, 1.54) is 0 Å². The summed E-state index contributed by atoms with van der Waals surface area (Å²) in [6.45, 7) is 0.0821. The first-order chi connectivity index (χ1) is 8.59. The zero-order chi connectivity index (χ0) is 14.7. The van der Waals surface area contributed by atoms with Gasteiger partial charge >= 0.3 is 6.18 Å². The molecule has 0 aromatic heterocycles. The molecule has 0 aliphatic heterocycles. The molecule has 4 nitrogen and oxygen atoms in total. The lowest BCUT2D eigenvalue weighted by Crippen LogP contribution is -2.19. The first-order valence-electron chi connectivity index (χ1n) is 5.21. The van der Waals surface area contributed by atoms with E-state index in [1.807, 2.05) is 0 Å². The molecule has 1 aromatic carbocycles. The molecule has 19 heavy (non-hydrogen) atoms. The topological polar surface area (TPSA) is 72.2 Å². The Morgan fingerprint density at radius 1 is 1.26 bits per heavy atom. The van der Waals surface area contributed by atoms with Gasteiger partial charge in [0.25, 0.3) is 0 Å². The number of nitrogens with two attached hydrogens (primary N) is 1. The van der Waals surface area contributed by atoms with E-state index < -0.39 is 27.6 Å². The SMILES string of the molecule is NS(=O)(=O)CCCNc1ccc(C(F)(F)F)cc1F. The molecule has 0 atom stereocenters.